The van der Waals surface area contributed by atoms with E-state index in [0.29, 0.717) is 12.3 Å². The Kier molecular flexibility index (Phi) is 3.46. The van der Waals surface area contributed by atoms with Crippen LogP contribution >= 0.6 is 0 Å². The summed E-state index contributed by atoms with van der Waals surface area (Å²) in [4.78, 5) is 0. The molecule has 21 heavy (non-hydrogen) atoms. The highest BCUT2D eigenvalue weighted by Crippen LogP contribution is 2.56. The molecule has 0 amide bonds. The van der Waals surface area contributed by atoms with Crippen molar-refractivity contribution in [2.75, 3.05) is 0 Å². The van der Waals surface area contributed by atoms with E-state index in [4.69, 9.17) is 0 Å². The first-order valence-electron chi connectivity index (χ1n) is 8.30. The molecule has 2 aliphatic carbocycles. The Morgan fingerprint density at radius 3 is 2.57 bits per heavy atom. The molecule has 0 radical (unpaired) electrons. The summed E-state index contributed by atoms with van der Waals surface area (Å²) in [7, 11) is 0. The summed E-state index contributed by atoms with van der Waals surface area (Å²) in [6.07, 6.45) is 3.24. The fourth-order valence-electron chi connectivity index (χ4n) is 4.77. The van der Waals surface area contributed by atoms with Crippen molar-refractivity contribution in [2.24, 2.45) is 5.92 Å². The molecular formula is C19H28O2. The molecule has 1 aromatic rings. The zero-order valence-electron chi connectivity index (χ0n) is 13.7. The Morgan fingerprint density at radius 1 is 1.19 bits per heavy atom. The fourth-order valence-corrected chi connectivity index (χ4v) is 4.77. The van der Waals surface area contributed by atoms with Crippen LogP contribution in [0.4, 0.5) is 0 Å². The van der Waals surface area contributed by atoms with E-state index >= 15 is 0 Å². The standard InChI is InChI=1S/C19H28O2/c1-12(2)13-6-7-15-14(10-13)16(20)11-17-18(15,3)8-5-9-19(17,4)21/h6-7,10,12,16-17,20-21H,5,8-9,11H2,1-4H3/t16-,17-,18-,19-/m1/s1. The summed E-state index contributed by atoms with van der Waals surface area (Å²) in [5.74, 6) is 0.619. The summed E-state index contributed by atoms with van der Waals surface area (Å²) >= 11 is 0. The number of hydrogen-bond donors (Lipinski definition) is 2. The van der Waals surface area contributed by atoms with E-state index in [1.165, 1.54) is 11.1 Å². The highest BCUT2D eigenvalue weighted by molar-refractivity contribution is 5.43. The average molecular weight is 288 g/mol. The molecular weight excluding hydrogens is 260 g/mol. The number of aliphatic hydroxyl groups is 2. The SMILES string of the molecule is CC(C)c1ccc2c(c1)[C@H](O)C[C@H]1[C@](C)(O)CCC[C@]21C. The monoisotopic (exact) mass is 288 g/mol. The van der Waals surface area contributed by atoms with Gasteiger partial charge in [-0.05, 0) is 66.5 Å². The molecule has 3 rings (SSSR count). The summed E-state index contributed by atoms with van der Waals surface area (Å²) in [6, 6.07) is 6.60. The predicted molar refractivity (Wildman–Crippen MR) is 85.4 cm³/mol. The van der Waals surface area contributed by atoms with Crippen molar-refractivity contribution in [3.05, 3.63) is 34.9 Å². The maximum atomic E-state index is 10.8. The second-order valence-electron chi connectivity index (χ2n) is 7.93. The number of benzene rings is 1. The Hall–Kier alpha value is -0.860. The minimum atomic E-state index is -0.664. The highest BCUT2D eigenvalue weighted by Gasteiger charge is 2.52. The zero-order chi connectivity index (χ0) is 15.4. The second kappa shape index (κ2) is 4.82. The van der Waals surface area contributed by atoms with Crippen molar-refractivity contribution in [1.29, 1.82) is 0 Å². The van der Waals surface area contributed by atoms with Crippen molar-refractivity contribution in [3.8, 4) is 0 Å². The van der Waals surface area contributed by atoms with Gasteiger partial charge in [-0.1, -0.05) is 39.0 Å². The first kappa shape index (κ1) is 15.1. The molecule has 0 unspecified atom stereocenters. The van der Waals surface area contributed by atoms with Crippen LogP contribution in [0.1, 0.15) is 82.1 Å². The van der Waals surface area contributed by atoms with Gasteiger partial charge in [0.2, 0.25) is 0 Å². The van der Waals surface area contributed by atoms with Crippen LogP contribution in [0, 0.1) is 5.92 Å². The molecule has 0 aliphatic heterocycles. The second-order valence-corrected chi connectivity index (χ2v) is 7.93. The molecule has 0 bridgehead atoms. The Bertz CT molecular complexity index is 546. The lowest BCUT2D eigenvalue weighted by molar-refractivity contribution is -0.0931. The molecule has 4 atom stereocenters. The molecule has 116 valence electrons. The number of fused-ring (bicyclic) bond motifs is 3. The third kappa shape index (κ3) is 2.24. The quantitative estimate of drug-likeness (QED) is 0.818. The van der Waals surface area contributed by atoms with E-state index in [-0.39, 0.29) is 11.3 Å². The predicted octanol–water partition coefficient (Wildman–Crippen LogP) is 4.06. The average Bonchev–Trinajstić information content (AvgIpc) is 2.41. The molecule has 2 aliphatic rings. The van der Waals surface area contributed by atoms with Crippen molar-refractivity contribution in [3.63, 3.8) is 0 Å². The fraction of sp³-hybridized carbons (Fsp3) is 0.684. The zero-order valence-corrected chi connectivity index (χ0v) is 13.7. The molecule has 0 aromatic heterocycles. The van der Waals surface area contributed by atoms with Crippen LogP contribution in [0.25, 0.3) is 0 Å². The highest BCUT2D eigenvalue weighted by atomic mass is 16.3. The minimum absolute atomic E-state index is 0.00811. The van der Waals surface area contributed by atoms with Gasteiger partial charge in [0.1, 0.15) is 0 Å². The van der Waals surface area contributed by atoms with E-state index < -0.39 is 11.7 Å². The van der Waals surface area contributed by atoms with Gasteiger partial charge in [-0.25, -0.2) is 0 Å². The summed E-state index contributed by atoms with van der Waals surface area (Å²) in [6.45, 7) is 8.61. The van der Waals surface area contributed by atoms with Crippen molar-refractivity contribution >= 4 is 0 Å². The van der Waals surface area contributed by atoms with Crippen LogP contribution in [-0.2, 0) is 5.41 Å². The van der Waals surface area contributed by atoms with Crippen LogP contribution in [-0.4, -0.2) is 15.8 Å². The third-order valence-corrected chi connectivity index (χ3v) is 6.07. The largest absolute Gasteiger partial charge is 0.390 e. The van der Waals surface area contributed by atoms with Gasteiger partial charge < -0.3 is 10.2 Å². The van der Waals surface area contributed by atoms with Gasteiger partial charge in [0.15, 0.2) is 0 Å². The van der Waals surface area contributed by atoms with E-state index in [9.17, 15) is 10.2 Å². The smallest absolute Gasteiger partial charge is 0.0797 e. The van der Waals surface area contributed by atoms with Gasteiger partial charge in [-0.15, -0.1) is 0 Å². The molecule has 2 nitrogen and oxygen atoms in total. The van der Waals surface area contributed by atoms with Gasteiger partial charge in [0, 0.05) is 0 Å². The summed E-state index contributed by atoms with van der Waals surface area (Å²) in [5, 5.41) is 21.5. The Balaban J connectivity index is 2.12. The van der Waals surface area contributed by atoms with Gasteiger partial charge in [-0.2, -0.15) is 0 Å². The van der Waals surface area contributed by atoms with Crippen molar-refractivity contribution in [1.82, 2.24) is 0 Å². The Labute approximate surface area is 128 Å². The molecule has 2 heteroatoms. The normalized spacial score (nSPS) is 39.0. The maximum absolute atomic E-state index is 10.8. The number of hydrogen-bond acceptors (Lipinski definition) is 2. The topological polar surface area (TPSA) is 40.5 Å². The summed E-state index contributed by atoms with van der Waals surface area (Å²) < 4.78 is 0. The van der Waals surface area contributed by atoms with Crippen LogP contribution < -0.4 is 0 Å². The first-order valence-corrected chi connectivity index (χ1v) is 8.30. The van der Waals surface area contributed by atoms with E-state index in [2.05, 4.69) is 39.0 Å². The molecule has 0 spiro atoms. The molecule has 1 saturated carbocycles. The third-order valence-electron chi connectivity index (χ3n) is 6.07. The molecule has 0 saturated heterocycles. The van der Waals surface area contributed by atoms with E-state index in [1.807, 2.05) is 6.92 Å². The lowest BCUT2D eigenvalue weighted by Crippen LogP contribution is -2.53. The lowest BCUT2D eigenvalue weighted by Gasteiger charge is -2.54. The van der Waals surface area contributed by atoms with Crippen LogP contribution in [0.15, 0.2) is 18.2 Å². The minimum Gasteiger partial charge on any atom is -0.390 e. The molecule has 0 heterocycles. The van der Waals surface area contributed by atoms with E-state index in [1.54, 1.807) is 0 Å². The van der Waals surface area contributed by atoms with Crippen LogP contribution in [0.3, 0.4) is 0 Å². The number of rotatable bonds is 1. The van der Waals surface area contributed by atoms with Crippen LogP contribution in [0.5, 0.6) is 0 Å². The summed E-state index contributed by atoms with van der Waals surface area (Å²) in [5.41, 5.74) is 2.97. The maximum Gasteiger partial charge on any atom is 0.0797 e. The van der Waals surface area contributed by atoms with Gasteiger partial charge in [-0.3, -0.25) is 0 Å². The van der Waals surface area contributed by atoms with Crippen LogP contribution in [0.2, 0.25) is 0 Å². The van der Waals surface area contributed by atoms with Gasteiger partial charge >= 0.3 is 0 Å². The molecule has 1 fully saturated rings. The number of aliphatic hydroxyl groups excluding tert-OH is 1. The first-order chi connectivity index (χ1) is 9.75. The van der Waals surface area contributed by atoms with Gasteiger partial charge in [0.05, 0.1) is 11.7 Å². The molecule has 2 N–H and O–H groups in total. The lowest BCUT2D eigenvalue weighted by atomic mass is 9.53. The van der Waals surface area contributed by atoms with Crippen molar-refractivity contribution < 1.29 is 10.2 Å². The molecule has 1 aromatic carbocycles. The van der Waals surface area contributed by atoms with Gasteiger partial charge in [0.25, 0.3) is 0 Å². The van der Waals surface area contributed by atoms with E-state index in [0.717, 1.165) is 24.8 Å². The Morgan fingerprint density at radius 2 is 1.90 bits per heavy atom. The van der Waals surface area contributed by atoms with Crippen molar-refractivity contribution in [2.45, 2.75) is 76.4 Å².